The minimum Gasteiger partial charge on any atom is -0.378 e. The Morgan fingerprint density at radius 2 is 1.79 bits per heavy atom. The molecule has 0 aliphatic rings. The molecule has 0 saturated carbocycles. The highest BCUT2D eigenvalue weighted by Crippen LogP contribution is 2.08. The average Bonchev–Trinajstić information content (AvgIpc) is 2.40. The van der Waals surface area contributed by atoms with Gasteiger partial charge in [0, 0.05) is 19.6 Å². The quantitative estimate of drug-likeness (QED) is 0.633. The first-order valence-electron chi connectivity index (χ1n) is 6.89. The largest absolute Gasteiger partial charge is 0.378 e. The summed E-state index contributed by atoms with van der Waals surface area (Å²) in [4.78, 5) is 6.58. The first-order valence-corrected chi connectivity index (χ1v) is 6.89. The molecule has 0 spiro atoms. The maximum atomic E-state index is 5.51. The van der Waals surface area contributed by atoms with E-state index in [2.05, 4.69) is 27.4 Å². The molecule has 2 N–H and O–H groups in total. The molecule has 1 aromatic heterocycles. The number of nitrogens with one attached hydrogen (secondary N) is 2. The molecule has 5 nitrogen and oxygen atoms in total. The highest BCUT2D eigenvalue weighted by atomic mass is 16.5. The van der Waals surface area contributed by atoms with E-state index in [-0.39, 0.29) is 0 Å². The summed E-state index contributed by atoms with van der Waals surface area (Å²) < 4.78 is 5.51. The normalized spacial score (nSPS) is 10.7. The summed E-state index contributed by atoms with van der Waals surface area (Å²) >= 11 is 0. The minimum atomic E-state index is 0.697. The fourth-order valence-corrected chi connectivity index (χ4v) is 1.49. The highest BCUT2D eigenvalue weighted by molar-refractivity contribution is 5.44. The van der Waals surface area contributed by atoms with Crippen molar-refractivity contribution in [2.45, 2.75) is 13.3 Å². The van der Waals surface area contributed by atoms with Crippen LogP contribution in [0.3, 0.4) is 0 Å². The number of hydrogen-bond acceptors (Lipinski definition) is 5. The number of ether oxygens (including phenoxy) is 1. The monoisotopic (exact) mass is 266 g/mol. The molecule has 0 saturated heterocycles. The van der Waals surface area contributed by atoms with Crippen LogP contribution in [0.4, 0.5) is 11.6 Å². The second-order valence-corrected chi connectivity index (χ2v) is 4.68. The van der Waals surface area contributed by atoms with Crippen molar-refractivity contribution in [3.63, 3.8) is 0 Å². The van der Waals surface area contributed by atoms with Crippen LogP contribution >= 0.6 is 0 Å². The molecule has 0 fully saturated rings. The van der Waals surface area contributed by atoms with Gasteiger partial charge >= 0.3 is 0 Å². The van der Waals surface area contributed by atoms with Crippen molar-refractivity contribution in [2.75, 3.05) is 57.6 Å². The molecular formula is C14H26N4O. The molecule has 0 unspecified atom stereocenters. The number of nitrogens with zero attached hydrogens (tertiary/aromatic N) is 2. The number of pyridine rings is 1. The Balaban J connectivity index is 2.18. The van der Waals surface area contributed by atoms with E-state index >= 15 is 0 Å². The predicted molar refractivity (Wildman–Crippen MR) is 80.9 cm³/mol. The lowest BCUT2D eigenvalue weighted by Gasteiger charge is -2.11. The van der Waals surface area contributed by atoms with Crippen LogP contribution < -0.4 is 10.6 Å². The van der Waals surface area contributed by atoms with Crippen molar-refractivity contribution in [3.05, 3.63) is 18.2 Å². The predicted octanol–water partition coefficient (Wildman–Crippen LogP) is 1.89. The molecule has 0 aliphatic carbocycles. The van der Waals surface area contributed by atoms with Gasteiger partial charge in [-0.05, 0) is 32.6 Å². The molecule has 5 heteroatoms. The van der Waals surface area contributed by atoms with Gasteiger partial charge in [-0.1, -0.05) is 13.0 Å². The van der Waals surface area contributed by atoms with Crippen LogP contribution in [0.2, 0.25) is 0 Å². The Kier molecular flexibility index (Phi) is 7.93. The summed E-state index contributed by atoms with van der Waals surface area (Å²) in [5.74, 6) is 1.80. The molecule has 1 heterocycles. The molecular weight excluding hydrogens is 240 g/mol. The van der Waals surface area contributed by atoms with Gasteiger partial charge in [-0.3, -0.25) is 0 Å². The summed E-state index contributed by atoms with van der Waals surface area (Å²) in [5, 5.41) is 6.53. The maximum absolute atomic E-state index is 5.51. The Hall–Kier alpha value is -1.33. The van der Waals surface area contributed by atoms with Gasteiger partial charge in [0.1, 0.15) is 11.6 Å². The molecule has 108 valence electrons. The molecule has 0 atom stereocenters. The van der Waals surface area contributed by atoms with Crippen molar-refractivity contribution in [3.8, 4) is 0 Å². The van der Waals surface area contributed by atoms with Crippen LogP contribution in [0.15, 0.2) is 18.2 Å². The number of anilines is 2. The Morgan fingerprint density at radius 3 is 2.42 bits per heavy atom. The van der Waals surface area contributed by atoms with E-state index in [1.807, 2.05) is 32.3 Å². The van der Waals surface area contributed by atoms with E-state index in [4.69, 9.17) is 4.74 Å². The van der Waals surface area contributed by atoms with Crippen LogP contribution in [0, 0.1) is 0 Å². The van der Waals surface area contributed by atoms with Crippen molar-refractivity contribution in [1.82, 2.24) is 9.88 Å². The zero-order valence-electron chi connectivity index (χ0n) is 12.3. The van der Waals surface area contributed by atoms with E-state index in [1.165, 1.54) is 0 Å². The van der Waals surface area contributed by atoms with Gasteiger partial charge in [-0.25, -0.2) is 4.98 Å². The molecule has 0 radical (unpaired) electrons. The van der Waals surface area contributed by atoms with Crippen LogP contribution in [0.1, 0.15) is 13.3 Å². The summed E-state index contributed by atoms with van der Waals surface area (Å²) in [6.07, 6.45) is 1.10. The summed E-state index contributed by atoms with van der Waals surface area (Å²) in [7, 11) is 4.08. The molecule has 19 heavy (non-hydrogen) atoms. The van der Waals surface area contributed by atoms with Crippen molar-refractivity contribution in [2.24, 2.45) is 0 Å². The van der Waals surface area contributed by atoms with Crippen LogP contribution in [0.25, 0.3) is 0 Å². The van der Waals surface area contributed by atoms with E-state index in [1.54, 1.807) is 0 Å². The van der Waals surface area contributed by atoms with E-state index in [0.717, 1.165) is 44.3 Å². The highest BCUT2D eigenvalue weighted by Gasteiger charge is 1.96. The first kappa shape index (κ1) is 15.7. The van der Waals surface area contributed by atoms with E-state index in [9.17, 15) is 0 Å². The zero-order valence-corrected chi connectivity index (χ0v) is 12.3. The molecule has 0 aromatic carbocycles. The number of likely N-dealkylation sites (N-methyl/N-ethyl adjacent to an activating group) is 1. The van der Waals surface area contributed by atoms with Crippen LogP contribution in [-0.2, 0) is 4.74 Å². The number of rotatable bonds is 10. The molecule has 0 bridgehead atoms. The van der Waals surface area contributed by atoms with Crippen molar-refractivity contribution in [1.29, 1.82) is 0 Å². The Bertz CT molecular complexity index is 344. The summed E-state index contributed by atoms with van der Waals surface area (Å²) in [6, 6.07) is 5.95. The van der Waals surface area contributed by atoms with Crippen LogP contribution in [0.5, 0.6) is 0 Å². The third-order valence-electron chi connectivity index (χ3n) is 2.54. The summed E-state index contributed by atoms with van der Waals surface area (Å²) in [5.41, 5.74) is 0. The van der Waals surface area contributed by atoms with Gasteiger partial charge in [0.05, 0.1) is 13.2 Å². The third kappa shape index (κ3) is 7.64. The van der Waals surface area contributed by atoms with Gasteiger partial charge < -0.3 is 20.3 Å². The summed E-state index contributed by atoms with van der Waals surface area (Å²) in [6.45, 7) is 6.28. The fraction of sp³-hybridized carbons (Fsp3) is 0.643. The van der Waals surface area contributed by atoms with Gasteiger partial charge in [-0.15, -0.1) is 0 Å². The Morgan fingerprint density at radius 1 is 1.11 bits per heavy atom. The standard InChI is InChI=1S/C14H26N4O/c1-4-8-15-13-6-5-7-14(17-13)16-9-11-19-12-10-18(2)3/h5-7H,4,8-12H2,1-3H3,(H2,15,16,17). The maximum Gasteiger partial charge on any atom is 0.128 e. The molecule has 0 amide bonds. The SMILES string of the molecule is CCCNc1cccc(NCCOCCN(C)C)n1. The van der Waals surface area contributed by atoms with Gasteiger partial charge in [0.2, 0.25) is 0 Å². The van der Waals surface area contributed by atoms with Gasteiger partial charge in [-0.2, -0.15) is 0 Å². The zero-order chi connectivity index (χ0) is 13.9. The average molecular weight is 266 g/mol. The molecule has 1 aromatic rings. The van der Waals surface area contributed by atoms with Gasteiger partial charge in [0.25, 0.3) is 0 Å². The topological polar surface area (TPSA) is 49.4 Å². The van der Waals surface area contributed by atoms with Crippen LogP contribution in [-0.4, -0.2) is 56.8 Å². The smallest absolute Gasteiger partial charge is 0.128 e. The second-order valence-electron chi connectivity index (χ2n) is 4.68. The van der Waals surface area contributed by atoms with E-state index in [0.29, 0.717) is 6.61 Å². The lowest BCUT2D eigenvalue weighted by Crippen LogP contribution is -2.20. The first-order chi connectivity index (χ1) is 9.22. The lowest BCUT2D eigenvalue weighted by atomic mass is 10.4. The lowest BCUT2D eigenvalue weighted by molar-refractivity contribution is 0.126. The molecule has 1 rings (SSSR count). The fourth-order valence-electron chi connectivity index (χ4n) is 1.49. The Labute approximate surface area is 116 Å². The third-order valence-corrected chi connectivity index (χ3v) is 2.54. The van der Waals surface area contributed by atoms with Crippen molar-refractivity contribution < 1.29 is 4.74 Å². The van der Waals surface area contributed by atoms with E-state index < -0.39 is 0 Å². The van der Waals surface area contributed by atoms with Crippen molar-refractivity contribution >= 4 is 11.6 Å². The minimum absolute atomic E-state index is 0.697. The van der Waals surface area contributed by atoms with Gasteiger partial charge in [0.15, 0.2) is 0 Å². The second kappa shape index (κ2) is 9.58. The number of hydrogen-bond donors (Lipinski definition) is 2. The molecule has 0 aliphatic heterocycles. The number of aromatic nitrogens is 1.